The van der Waals surface area contributed by atoms with E-state index >= 15 is 0 Å². The molecular formula is C12H17N3O3. The van der Waals surface area contributed by atoms with Crippen molar-refractivity contribution in [1.82, 2.24) is 10.6 Å². The van der Waals surface area contributed by atoms with E-state index in [9.17, 15) is 9.59 Å². The fourth-order valence-corrected chi connectivity index (χ4v) is 1.21. The molecular weight excluding hydrogens is 234 g/mol. The molecule has 1 rings (SSSR count). The van der Waals surface area contributed by atoms with Crippen molar-refractivity contribution in [2.45, 2.75) is 0 Å². The minimum Gasteiger partial charge on any atom is -0.383 e. The predicted octanol–water partition coefficient (Wildman–Crippen LogP) is 0.571. The summed E-state index contributed by atoms with van der Waals surface area (Å²) in [5.41, 5.74) is 0.676. The monoisotopic (exact) mass is 251 g/mol. The number of amides is 3. The molecule has 0 saturated heterocycles. The van der Waals surface area contributed by atoms with Crippen LogP contribution in [0.5, 0.6) is 0 Å². The molecule has 0 aliphatic heterocycles. The van der Waals surface area contributed by atoms with Crippen molar-refractivity contribution in [3.8, 4) is 0 Å². The number of hydrogen-bond acceptors (Lipinski definition) is 3. The van der Waals surface area contributed by atoms with Gasteiger partial charge in [-0.1, -0.05) is 18.2 Å². The summed E-state index contributed by atoms with van der Waals surface area (Å²) in [4.78, 5) is 22.7. The Balaban J connectivity index is 2.19. The van der Waals surface area contributed by atoms with E-state index in [1.54, 1.807) is 19.2 Å². The Kier molecular flexibility index (Phi) is 6.27. The highest BCUT2D eigenvalue weighted by atomic mass is 16.5. The summed E-state index contributed by atoms with van der Waals surface area (Å²) in [6.45, 7) is 0.807. The summed E-state index contributed by atoms with van der Waals surface area (Å²) in [6, 6.07) is 8.59. The van der Waals surface area contributed by atoms with Crippen LogP contribution in [0.15, 0.2) is 30.3 Å². The number of methoxy groups -OCH3 is 1. The number of nitrogens with one attached hydrogen (secondary N) is 3. The van der Waals surface area contributed by atoms with Crippen LogP contribution in [0.3, 0.4) is 0 Å². The van der Waals surface area contributed by atoms with Crippen LogP contribution in [0.1, 0.15) is 0 Å². The van der Waals surface area contributed by atoms with Crippen LogP contribution in [-0.4, -0.2) is 38.7 Å². The lowest BCUT2D eigenvalue weighted by molar-refractivity contribution is -0.120. The van der Waals surface area contributed by atoms with E-state index in [0.717, 1.165) is 0 Å². The van der Waals surface area contributed by atoms with Gasteiger partial charge in [0.1, 0.15) is 0 Å². The lowest BCUT2D eigenvalue weighted by Crippen LogP contribution is -2.39. The van der Waals surface area contributed by atoms with Crippen molar-refractivity contribution in [3.63, 3.8) is 0 Å². The Morgan fingerprint density at radius 3 is 2.56 bits per heavy atom. The van der Waals surface area contributed by atoms with Crippen molar-refractivity contribution in [1.29, 1.82) is 0 Å². The van der Waals surface area contributed by atoms with E-state index in [1.165, 1.54) is 0 Å². The molecule has 0 aromatic heterocycles. The van der Waals surface area contributed by atoms with Gasteiger partial charge in [-0.2, -0.15) is 0 Å². The second-order valence-corrected chi connectivity index (χ2v) is 3.52. The molecule has 0 aliphatic rings. The van der Waals surface area contributed by atoms with Gasteiger partial charge in [-0.15, -0.1) is 0 Å². The number of carbonyl (C=O) groups is 2. The summed E-state index contributed by atoms with van der Waals surface area (Å²) in [5.74, 6) is -0.254. The summed E-state index contributed by atoms with van der Waals surface area (Å²) in [7, 11) is 1.55. The molecule has 1 aromatic carbocycles. The summed E-state index contributed by atoms with van der Waals surface area (Å²) in [5, 5.41) is 7.66. The van der Waals surface area contributed by atoms with Gasteiger partial charge in [-0.05, 0) is 12.1 Å². The van der Waals surface area contributed by atoms with Crippen LogP contribution >= 0.6 is 0 Å². The second-order valence-electron chi connectivity index (χ2n) is 3.52. The zero-order valence-corrected chi connectivity index (χ0v) is 10.2. The minimum absolute atomic E-state index is 0.0671. The molecule has 0 atom stereocenters. The topological polar surface area (TPSA) is 79.5 Å². The van der Waals surface area contributed by atoms with E-state index in [1.807, 2.05) is 18.2 Å². The van der Waals surface area contributed by atoms with Crippen molar-refractivity contribution in [2.24, 2.45) is 0 Å². The average molecular weight is 251 g/mol. The number of hydrogen-bond donors (Lipinski definition) is 3. The maximum absolute atomic E-state index is 11.4. The van der Waals surface area contributed by atoms with Crippen LogP contribution in [-0.2, 0) is 9.53 Å². The zero-order valence-electron chi connectivity index (χ0n) is 10.2. The van der Waals surface area contributed by atoms with Crippen molar-refractivity contribution in [3.05, 3.63) is 30.3 Å². The number of rotatable bonds is 6. The second kappa shape index (κ2) is 8.08. The van der Waals surface area contributed by atoms with Crippen LogP contribution in [0.2, 0.25) is 0 Å². The van der Waals surface area contributed by atoms with Crippen molar-refractivity contribution < 1.29 is 14.3 Å². The van der Waals surface area contributed by atoms with E-state index < -0.39 is 6.03 Å². The van der Waals surface area contributed by atoms with Crippen LogP contribution < -0.4 is 16.0 Å². The largest absolute Gasteiger partial charge is 0.383 e. The normalized spacial score (nSPS) is 9.61. The Hall–Kier alpha value is -2.08. The molecule has 0 spiro atoms. The Morgan fingerprint density at radius 2 is 1.89 bits per heavy atom. The molecule has 0 aliphatic carbocycles. The number of urea groups is 1. The van der Waals surface area contributed by atoms with Gasteiger partial charge in [0.15, 0.2) is 0 Å². The van der Waals surface area contributed by atoms with Gasteiger partial charge in [0, 0.05) is 19.3 Å². The molecule has 1 aromatic rings. The third-order valence-electron chi connectivity index (χ3n) is 2.07. The molecule has 18 heavy (non-hydrogen) atoms. The van der Waals surface area contributed by atoms with Crippen LogP contribution in [0.4, 0.5) is 10.5 Å². The molecule has 0 heterocycles. The van der Waals surface area contributed by atoms with E-state index in [-0.39, 0.29) is 12.5 Å². The molecule has 0 bridgehead atoms. The molecule has 3 amide bonds. The van der Waals surface area contributed by atoms with Crippen molar-refractivity contribution >= 4 is 17.6 Å². The quantitative estimate of drug-likeness (QED) is 0.647. The minimum atomic E-state index is -0.414. The first kappa shape index (κ1) is 14.0. The van der Waals surface area contributed by atoms with Gasteiger partial charge < -0.3 is 20.7 Å². The molecule has 0 radical (unpaired) electrons. The third kappa shape index (κ3) is 5.86. The Morgan fingerprint density at radius 1 is 1.17 bits per heavy atom. The van der Waals surface area contributed by atoms with Gasteiger partial charge in [-0.25, -0.2) is 4.79 Å². The van der Waals surface area contributed by atoms with Gasteiger partial charge in [0.25, 0.3) is 0 Å². The highest BCUT2D eigenvalue weighted by Gasteiger charge is 2.04. The van der Waals surface area contributed by atoms with Gasteiger partial charge in [-0.3, -0.25) is 4.79 Å². The fourth-order valence-electron chi connectivity index (χ4n) is 1.21. The molecule has 98 valence electrons. The van der Waals surface area contributed by atoms with Gasteiger partial charge in [0.05, 0.1) is 13.2 Å². The number of ether oxygens (including phenoxy) is 1. The summed E-state index contributed by atoms with van der Waals surface area (Å²) >= 11 is 0. The Bertz CT molecular complexity index is 381. The lowest BCUT2D eigenvalue weighted by atomic mass is 10.3. The maximum Gasteiger partial charge on any atom is 0.319 e. The van der Waals surface area contributed by atoms with E-state index in [4.69, 9.17) is 4.74 Å². The first-order valence-electron chi connectivity index (χ1n) is 5.58. The van der Waals surface area contributed by atoms with Crippen LogP contribution in [0, 0.1) is 0 Å². The average Bonchev–Trinajstić information content (AvgIpc) is 2.38. The summed E-state index contributed by atoms with van der Waals surface area (Å²) < 4.78 is 4.78. The molecule has 6 heteroatoms. The summed E-state index contributed by atoms with van der Waals surface area (Å²) in [6.07, 6.45) is 0. The fraction of sp³-hybridized carbons (Fsp3) is 0.333. The van der Waals surface area contributed by atoms with Crippen molar-refractivity contribution in [2.75, 3.05) is 32.1 Å². The molecule has 0 saturated carbocycles. The molecule has 6 nitrogen and oxygen atoms in total. The van der Waals surface area contributed by atoms with Gasteiger partial charge in [0.2, 0.25) is 5.91 Å². The van der Waals surface area contributed by atoms with E-state index in [0.29, 0.717) is 18.8 Å². The maximum atomic E-state index is 11.4. The smallest absolute Gasteiger partial charge is 0.319 e. The van der Waals surface area contributed by atoms with E-state index in [2.05, 4.69) is 16.0 Å². The third-order valence-corrected chi connectivity index (χ3v) is 2.07. The SMILES string of the molecule is COCCNC(=O)CNC(=O)Nc1ccccc1. The highest BCUT2D eigenvalue weighted by molar-refractivity contribution is 5.92. The molecule has 0 unspecified atom stereocenters. The molecule has 0 fully saturated rings. The predicted molar refractivity (Wildman–Crippen MR) is 68.3 cm³/mol. The molecule has 3 N–H and O–H groups in total. The lowest BCUT2D eigenvalue weighted by Gasteiger charge is -2.08. The first-order valence-corrected chi connectivity index (χ1v) is 5.58. The Labute approximate surface area is 106 Å². The number of para-hydroxylation sites is 1. The first-order chi connectivity index (χ1) is 8.72. The zero-order chi connectivity index (χ0) is 13.2. The van der Waals surface area contributed by atoms with Gasteiger partial charge >= 0.3 is 6.03 Å². The van der Waals surface area contributed by atoms with Crippen LogP contribution in [0.25, 0.3) is 0 Å². The number of benzene rings is 1. The highest BCUT2D eigenvalue weighted by Crippen LogP contribution is 2.03. The standard InChI is InChI=1S/C12H17N3O3/c1-18-8-7-13-11(16)9-14-12(17)15-10-5-3-2-4-6-10/h2-6H,7-9H2,1H3,(H,13,16)(H2,14,15,17). The number of carbonyl (C=O) groups excluding carboxylic acids is 2. The number of anilines is 1.